The normalized spacial score (nSPS) is 23.1. The van der Waals surface area contributed by atoms with Crippen molar-refractivity contribution in [3.05, 3.63) is 137 Å². The molecule has 2 aliphatic heterocycles. The molecule has 4 bridgehead atoms. The fraction of sp³-hybridized carbons (Fsp3) is 0.453. The molecule has 4 saturated carbocycles. The van der Waals surface area contributed by atoms with E-state index in [2.05, 4.69) is 45.1 Å². The van der Waals surface area contributed by atoms with Gasteiger partial charge in [0.2, 0.25) is 18.1 Å². The number of aromatic nitrogens is 2. The number of benzene rings is 4. The molecule has 552 valence electrons. The van der Waals surface area contributed by atoms with Gasteiger partial charge >= 0.3 is 18.0 Å². The van der Waals surface area contributed by atoms with Gasteiger partial charge in [0.05, 0.1) is 34.2 Å². The number of imide groups is 1. The number of anilines is 1. The lowest BCUT2D eigenvalue weighted by Crippen LogP contribution is -2.65. The number of carboxylic acid groups (broad SMARTS) is 2. The highest BCUT2D eigenvalue weighted by Crippen LogP contribution is 2.71. The first-order valence-electron chi connectivity index (χ1n) is 34.8. The Labute approximate surface area is 605 Å². The van der Waals surface area contributed by atoms with Gasteiger partial charge in [-0.1, -0.05) is 74.1 Å². The summed E-state index contributed by atoms with van der Waals surface area (Å²) in [5.41, 5.74) is 3.57. The molecule has 27 nitrogen and oxygen atoms in total. The third-order valence-corrected chi connectivity index (χ3v) is 21.8. The van der Waals surface area contributed by atoms with E-state index in [1.165, 1.54) is 28.4 Å². The summed E-state index contributed by atoms with van der Waals surface area (Å²) >= 11 is 1.37. The molecule has 1 saturated heterocycles. The van der Waals surface area contributed by atoms with Crippen LogP contribution in [0, 0.1) is 21.7 Å². The largest absolute Gasteiger partial charge is 0.479 e. The van der Waals surface area contributed by atoms with Crippen LogP contribution >= 0.6 is 11.3 Å². The Hall–Kier alpha value is -9.52. The second kappa shape index (κ2) is 31.8. The number of carbonyl (C=O) groups excluding carboxylic acids is 6. The summed E-state index contributed by atoms with van der Waals surface area (Å²) in [7, 11) is -3.10. The lowest BCUT2D eigenvalue weighted by Gasteiger charge is -2.69. The predicted octanol–water partition coefficient (Wildman–Crippen LogP) is 9.46. The van der Waals surface area contributed by atoms with Crippen LogP contribution in [0.25, 0.3) is 37.8 Å². The van der Waals surface area contributed by atoms with Crippen LogP contribution in [-0.4, -0.2) is 178 Å². The number of aliphatic hydroxyl groups excluding tert-OH is 1. The van der Waals surface area contributed by atoms with Crippen molar-refractivity contribution in [1.82, 2.24) is 35.7 Å². The van der Waals surface area contributed by atoms with Gasteiger partial charge in [-0.25, -0.2) is 24.4 Å². The molecular weight excluding hydrogens is 1380 g/mol. The van der Waals surface area contributed by atoms with Gasteiger partial charge in [0.15, 0.2) is 16.9 Å². The van der Waals surface area contributed by atoms with Crippen LogP contribution in [0.2, 0.25) is 0 Å². The number of allylic oxidation sites excluding steroid dienone is 2. The molecule has 2 aromatic heterocycles. The minimum atomic E-state index is -4.72. The van der Waals surface area contributed by atoms with E-state index < -0.39 is 87.7 Å². The standard InChI is InChI=1S/C75H87N9O18S2/c1-45(55(35-76)52-23-24-56(80-65(52)69(93)94)48-20-19-46-14-12-15-53(54(46)32-48)66(89)82-70-81-57-16-7-8-17-60(57)103-70)78-44-74-39-72(2)38-73(3,40-74)42-75(41-72,43-74)100-30-29-83(4)71(95)99-36-49-21-22-51(101-64-34-50(85)33-59(102-64)68(91)92)31-47(49)13-9-10-27-77-67(90)58(37-104(96,97)98)79-61(86)18-6-5-11-28-84-62(87)25-26-63(84)88/h7-8,12,14-17,19-26,31-32,35,50,58-59,64,76,78,85H,5-6,9-11,13,18,27-30,33-34,36-44H2,1-4H3,(H,77,90)(H,79,86)(H,91,92)(H,93,94)(H,81,82,89)(H,96,97,98)/b55-45+,76-35?/t50-,58-,59-,64+,72?,73?,74?,75?/m0/s1. The maximum atomic E-state index is 13.8. The van der Waals surface area contributed by atoms with Gasteiger partial charge in [-0.15, -0.1) is 0 Å². The summed E-state index contributed by atoms with van der Waals surface area (Å²) in [4.78, 5) is 114. The number of rotatable bonds is 33. The Morgan fingerprint density at radius 2 is 1.60 bits per heavy atom. The Morgan fingerprint density at radius 1 is 0.837 bits per heavy atom. The van der Waals surface area contributed by atoms with Gasteiger partial charge in [-0.3, -0.25) is 38.7 Å². The number of hydrogen-bond acceptors (Lipinski definition) is 20. The fourth-order valence-corrected chi connectivity index (χ4v) is 18.1. The summed E-state index contributed by atoms with van der Waals surface area (Å²) in [5.74, 6) is -6.00. The second-order valence-corrected chi connectivity index (χ2v) is 31.5. The lowest BCUT2D eigenvalue weighted by molar-refractivity contribution is -0.243. The maximum absolute atomic E-state index is 13.8. The van der Waals surface area contributed by atoms with Crippen molar-refractivity contribution < 1.29 is 85.6 Å². The van der Waals surface area contributed by atoms with E-state index >= 15 is 0 Å². The minimum Gasteiger partial charge on any atom is -0.479 e. The van der Waals surface area contributed by atoms with Gasteiger partial charge < -0.3 is 60.5 Å². The van der Waals surface area contributed by atoms with Crippen molar-refractivity contribution in [1.29, 1.82) is 5.41 Å². The van der Waals surface area contributed by atoms with E-state index in [1.54, 1.807) is 49.5 Å². The zero-order valence-electron chi connectivity index (χ0n) is 58.4. The Kier molecular flexibility index (Phi) is 23.1. The van der Waals surface area contributed by atoms with Gasteiger partial charge in [-0.05, 0) is 164 Å². The number of aliphatic hydroxyl groups is 1. The number of aromatic carboxylic acids is 1. The number of aliphatic carboxylic acids is 1. The number of thiazole rings is 1. The van der Waals surface area contributed by atoms with Crippen LogP contribution in [-0.2, 0) is 61.3 Å². The van der Waals surface area contributed by atoms with Crippen molar-refractivity contribution in [2.24, 2.45) is 16.2 Å². The fourth-order valence-electron chi connectivity index (χ4n) is 16.5. The van der Waals surface area contributed by atoms with Crippen LogP contribution < -0.4 is 26.0 Å². The van der Waals surface area contributed by atoms with E-state index in [0.29, 0.717) is 94.8 Å². The molecule has 9 N–H and O–H groups in total. The number of likely N-dealkylation sites (N-methyl/N-ethyl adjacent to an activating group) is 1. The van der Waals surface area contributed by atoms with Crippen molar-refractivity contribution >= 4 is 107 Å². The number of unbranched alkanes of at least 4 members (excludes halogenated alkanes) is 3. The number of hydrogen-bond donors (Lipinski definition) is 9. The summed E-state index contributed by atoms with van der Waals surface area (Å²) in [6.07, 6.45) is 6.80. The first-order valence-corrected chi connectivity index (χ1v) is 37.2. The zero-order valence-corrected chi connectivity index (χ0v) is 60.0. The third kappa shape index (κ3) is 18.5. The van der Waals surface area contributed by atoms with Crippen LogP contribution in [0.4, 0.5) is 9.93 Å². The van der Waals surface area contributed by atoms with Gasteiger partial charge in [0.25, 0.3) is 27.8 Å². The number of carbonyl (C=O) groups is 8. The SMILES string of the molecule is C/C(NCC12CC3(C)CC(C)(C1)CC(OCCN(C)C(=O)OCc1ccc(O[C@H]4C[C@@H](O)C[C@@H](C(=O)O)O4)cc1CCCCNC(=O)[C@H](CS(=O)(=O)O)NC(=O)CCCCCN1C(=O)C=CC1=O)(C3)C2)=C(/C=N)c1ccc(-c2ccc3cccc(C(=O)Nc4nc5ccccc5s4)c3c2)nc1C(=O)O. The monoisotopic (exact) mass is 1470 g/mol. The van der Waals surface area contributed by atoms with Gasteiger partial charge in [0.1, 0.15) is 24.2 Å². The van der Waals surface area contributed by atoms with Crippen molar-refractivity contribution in [3.63, 3.8) is 0 Å². The molecule has 6 aliphatic rings. The number of para-hydroxylation sites is 1. The molecular formula is C75H87N9O18S2. The summed E-state index contributed by atoms with van der Waals surface area (Å²) in [6, 6.07) is 25.3. The molecule has 0 radical (unpaired) electrons. The summed E-state index contributed by atoms with van der Waals surface area (Å²) < 4.78 is 59.0. The van der Waals surface area contributed by atoms with Gasteiger partial charge in [0, 0.05) is 98.8 Å². The number of carboxylic acids is 2. The molecule has 2 unspecified atom stereocenters. The van der Waals surface area contributed by atoms with E-state index in [0.717, 1.165) is 65.2 Å². The molecule has 4 aliphatic carbocycles. The number of pyridine rings is 1. The smallest absolute Gasteiger partial charge is 0.409 e. The number of nitrogens with one attached hydrogen (secondary N) is 5. The van der Waals surface area contributed by atoms with E-state index in [-0.39, 0.29) is 91.3 Å². The van der Waals surface area contributed by atoms with Crippen molar-refractivity contribution in [2.75, 3.05) is 50.9 Å². The van der Waals surface area contributed by atoms with Crippen LogP contribution in [0.15, 0.2) is 109 Å². The molecule has 4 heterocycles. The summed E-state index contributed by atoms with van der Waals surface area (Å²) in [5, 5.41) is 52.9. The maximum Gasteiger partial charge on any atom is 0.409 e. The average molecular weight is 1470 g/mol. The van der Waals surface area contributed by atoms with E-state index in [9.17, 15) is 66.6 Å². The molecule has 0 spiro atoms. The molecule has 4 aromatic carbocycles. The predicted molar refractivity (Wildman–Crippen MR) is 386 cm³/mol. The van der Waals surface area contributed by atoms with E-state index in [4.69, 9.17) is 24.4 Å². The molecule has 29 heteroatoms. The van der Waals surface area contributed by atoms with Crippen LogP contribution in [0.3, 0.4) is 0 Å². The third-order valence-electron chi connectivity index (χ3n) is 20.1. The Bertz CT molecular complexity index is 4450. The molecule has 6 amide bonds. The number of ether oxygens (including phenoxy) is 4. The highest BCUT2D eigenvalue weighted by Gasteiger charge is 2.66. The molecule has 6 aromatic rings. The van der Waals surface area contributed by atoms with Gasteiger partial charge in [-0.2, -0.15) is 8.42 Å². The zero-order chi connectivity index (χ0) is 74.3. The lowest BCUT2D eigenvalue weighted by atomic mass is 9.39. The topological polar surface area (TPSA) is 393 Å². The molecule has 5 fully saturated rings. The molecule has 6 atom stereocenters. The van der Waals surface area contributed by atoms with Crippen molar-refractivity contribution in [2.45, 2.75) is 154 Å². The number of nitrogens with zero attached hydrogens (tertiary/aromatic N) is 4. The number of aryl methyl sites for hydroxylation is 1. The highest BCUT2D eigenvalue weighted by atomic mass is 32.2. The Morgan fingerprint density at radius 3 is 2.32 bits per heavy atom. The van der Waals surface area contributed by atoms with Crippen LogP contribution in [0.1, 0.15) is 148 Å². The first kappa shape index (κ1) is 75.6. The second-order valence-electron chi connectivity index (χ2n) is 29.0. The Balaban J connectivity index is 0.698. The quantitative estimate of drug-likeness (QED) is 0.00801. The minimum absolute atomic E-state index is 0.00361. The first-order chi connectivity index (χ1) is 49.5. The highest BCUT2D eigenvalue weighted by molar-refractivity contribution is 7.85. The number of fused-ring (bicyclic) bond motifs is 2. The summed E-state index contributed by atoms with van der Waals surface area (Å²) in [6.45, 7) is 7.44. The van der Waals surface area contributed by atoms with E-state index in [1.807, 2.05) is 55.5 Å². The number of amides is 6. The average Bonchev–Trinajstić information content (AvgIpc) is 0.761. The van der Waals surface area contributed by atoms with Crippen molar-refractivity contribution in [3.8, 4) is 17.0 Å². The van der Waals surface area contributed by atoms with Crippen LogP contribution in [0.5, 0.6) is 5.75 Å². The molecule has 104 heavy (non-hydrogen) atoms. The molecule has 12 rings (SSSR count).